The minimum absolute atomic E-state index is 0.00992. The Balaban J connectivity index is 2.44. The zero-order valence-electron chi connectivity index (χ0n) is 11.7. The smallest absolute Gasteiger partial charge is 0.335 e. The van der Waals surface area contributed by atoms with Crippen LogP contribution in [-0.2, 0) is 0 Å². The van der Waals surface area contributed by atoms with Gasteiger partial charge in [0.2, 0.25) is 0 Å². The third-order valence-electron chi connectivity index (χ3n) is 3.03. The zero-order valence-corrected chi connectivity index (χ0v) is 12.4. The number of carbonyl (C=O) groups is 2. The van der Waals surface area contributed by atoms with Crippen molar-refractivity contribution >= 4 is 23.5 Å². The summed E-state index contributed by atoms with van der Waals surface area (Å²) in [6.07, 6.45) is 0. The number of halogens is 2. The topological polar surface area (TPSA) is 66.4 Å². The first-order valence-electron chi connectivity index (χ1n) is 6.54. The van der Waals surface area contributed by atoms with Crippen molar-refractivity contribution in [1.82, 2.24) is 5.32 Å². The molecule has 0 unspecified atom stereocenters. The molecule has 0 aliphatic rings. The molecule has 0 atom stereocenters. The van der Waals surface area contributed by atoms with Crippen LogP contribution in [0.25, 0.3) is 11.1 Å². The first-order valence-corrected chi connectivity index (χ1v) is 6.92. The molecule has 0 bridgehead atoms. The molecule has 0 fully saturated rings. The summed E-state index contributed by atoms with van der Waals surface area (Å²) in [5.41, 5.74) is 0.851. The molecule has 2 N–H and O–H groups in total. The van der Waals surface area contributed by atoms with Crippen LogP contribution in [0.15, 0.2) is 36.4 Å². The quantitative estimate of drug-likeness (QED) is 0.904. The third-order valence-corrected chi connectivity index (χ3v) is 3.25. The van der Waals surface area contributed by atoms with Gasteiger partial charge in [-0.3, -0.25) is 4.79 Å². The number of hydrogen-bond acceptors (Lipinski definition) is 2. The van der Waals surface area contributed by atoms with Crippen molar-refractivity contribution in [2.75, 3.05) is 6.54 Å². The van der Waals surface area contributed by atoms with Crippen molar-refractivity contribution < 1.29 is 19.1 Å². The van der Waals surface area contributed by atoms with Crippen molar-refractivity contribution in [1.29, 1.82) is 0 Å². The molecule has 0 aromatic heterocycles. The first kappa shape index (κ1) is 16.0. The van der Waals surface area contributed by atoms with Crippen molar-refractivity contribution in [3.05, 3.63) is 58.4 Å². The van der Waals surface area contributed by atoms with Gasteiger partial charge < -0.3 is 10.4 Å². The number of nitrogens with one attached hydrogen (secondary N) is 1. The van der Waals surface area contributed by atoms with E-state index in [4.69, 9.17) is 16.7 Å². The van der Waals surface area contributed by atoms with Crippen molar-refractivity contribution in [3.63, 3.8) is 0 Å². The molecule has 114 valence electrons. The number of carboxylic acid groups (broad SMARTS) is 1. The summed E-state index contributed by atoms with van der Waals surface area (Å²) < 4.78 is 14.1. The van der Waals surface area contributed by atoms with Crippen LogP contribution in [0.3, 0.4) is 0 Å². The van der Waals surface area contributed by atoms with Crippen LogP contribution >= 0.6 is 11.6 Å². The lowest BCUT2D eigenvalue weighted by Crippen LogP contribution is -2.23. The highest BCUT2D eigenvalue weighted by atomic mass is 35.5. The fraction of sp³-hybridized carbons (Fsp3) is 0.125. The summed E-state index contributed by atoms with van der Waals surface area (Å²) in [6.45, 7) is 2.14. The molecule has 0 saturated carbocycles. The second kappa shape index (κ2) is 6.58. The van der Waals surface area contributed by atoms with Crippen LogP contribution in [0.1, 0.15) is 27.6 Å². The summed E-state index contributed by atoms with van der Waals surface area (Å²) in [7, 11) is 0. The number of hydrogen-bond donors (Lipinski definition) is 2. The van der Waals surface area contributed by atoms with Gasteiger partial charge in [-0.05, 0) is 48.4 Å². The Kier molecular flexibility index (Phi) is 4.78. The first-order chi connectivity index (χ1) is 10.4. The Bertz CT molecular complexity index is 746. The van der Waals surface area contributed by atoms with E-state index in [2.05, 4.69) is 5.32 Å². The number of carbonyl (C=O) groups excluding carboxylic acids is 1. The molecule has 1 amide bonds. The molecular formula is C16H13ClFNO3. The van der Waals surface area contributed by atoms with Gasteiger partial charge in [-0.1, -0.05) is 17.7 Å². The van der Waals surface area contributed by atoms with Gasteiger partial charge in [0, 0.05) is 11.6 Å². The highest BCUT2D eigenvalue weighted by Crippen LogP contribution is 2.26. The minimum Gasteiger partial charge on any atom is -0.478 e. The van der Waals surface area contributed by atoms with E-state index >= 15 is 0 Å². The fourth-order valence-electron chi connectivity index (χ4n) is 2.01. The van der Waals surface area contributed by atoms with E-state index in [-0.39, 0.29) is 16.1 Å². The third kappa shape index (κ3) is 3.43. The van der Waals surface area contributed by atoms with Crippen molar-refractivity contribution in [2.24, 2.45) is 0 Å². The van der Waals surface area contributed by atoms with E-state index in [1.165, 1.54) is 30.3 Å². The molecule has 0 aliphatic carbocycles. The van der Waals surface area contributed by atoms with E-state index < -0.39 is 17.7 Å². The average molecular weight is 322 g/mol. The number of amides is 1. The SMILES string of the molecule is CCNC(=O)c1ccc(-c2cc(Cl)cc(C(=O)O)c2)cc1F. The van der Waals surface area contributed by atoms with Gasteiger partial charge in [-0.15, -0.1) is 0 Å². The van der Waals surface area contributed by atoms with Crippen LogP contribution < -0.4 is 5.32 Å². The number of aromatic carboxylic acids is 1. The van der Waals surface area contributed by atoms with Crippen LogP contribution in [0, 0.1) is 5.82 Å². The van der Waals surface area contributed by atoms with Gasteiger partial charge in [0.15, 0.2) is 0 Å². The predicted octanol–water partition coefficient (Wildman–Crippen LogP) is 3.59. The molecule has 0 radical (unpaired) electrons. The molecule has 2 aromatic carbocycles. The Morgan fingerprint density at radius 3 is 2.50 bits per heavy atom. The van der Waals surface area contributed by atoms with E-state index in [0.29, 0.717) is 17.7 Å². The minimum atomic E-state index is -1.12. The highest BCUT2D eigenvalue weighted by molar-refractivity contribution is 6.31. The lowest BCUT2D eigenvalue weighted by molar-refractivity contribution is 0.0696. The van der Waals surface area contributed by atoms with Crippen LogP contribution in [-0.4, -0.2) is 23.5 Å². The summed E-state index contributed by atoms with van der Waals surface area (Å²) in [5.74, 6) is -2.30. The van der Waals surface area contributed by atoms with E-state index in [1.54, 1.807) is 13.0 Å². The maximum absolute atomic E-state index is 14.1. The van der Waals surface area contributed by atoms with E-state index in [1.807, 2.05) is 0 Å². The number of rotatable bonds is 4. The largest absolute Gasteiger partial charge is 0.478 e. The Labute approximate surface area is 131 Å². The molecule has 22 heavy (non-hydrogen) atoms. The summed E-state index contributed by atoms with van der Waals surface area (Å²) in [4.78, 5) is 22.7. The van der Waals surface area contributed by atoms with Gasteiger partial charge in [-0.25, -0.2) is 9.18 Å². The Hall–Kier alpha value is -2.40. The molecule has 0 aliphatic heterocycles. The summed E-state index contributed by atoms with van der Waals surface area (Å²) >= 11 is 5.89. The van der Waals surface area contributed by atoms with Gasteiger partial charge in [0.1, 0.15) is 5.82 Å². The average Bonchev–Trinajstić information content (AvgIpc) is 2.46. The summed E-state index contributed by atoms with van der Waals surface area (Å²) in [5, 5.41) is 11.8. The monoisotopic (exact) mass is 321 g/mol. The molecule has 6 heteroatoms. The van der Waals surface area contributed by atoms with Gasteiger partial charge in [0.05, 0.1) is 11.1 Å². The second-order valence-electron chi connectivity index (χ2n) is 4.59. The molecule has 0 spiro atoms. The molecule has 2 rings (SSSR count). The van der Waals surface area contributed by atoms with Gasteiger partial charge in [0.25, 0.3) is 5.91 Å². The lowest BCUT2D eigenvalue weighted by Gasteiger charge is -2.08. The van der Waals surface area contributed by atoms with Crippen LogP contribution in [0.2, 0.25) is 5.02 Å². The predicted molar refractivity (Wildman–Crippen MR) is 81.8 cm³/mol. The molecular weight excluding hydrogens is 309 g/mol. The standard InChI is InChI=1S/C16H13ClFNO3/c1-2-19-15(20)13-4-3-9(8-14(13)18)10-5-11(16(21)22)7-12(17)6-10/h3-8H,2H2,1H3,(H,19,20)(H,21,22). The van der Waals surface area contributed by atoms with Crippen molar-refractivity contribution in [2.45, 2.75) is 6.92 Å². The van der Waals surface area contributed by atoms with E-state index in [0.717, 1.165) is 0 Å². The Morgan fingerprint density at radius 2 is 1.91 bits per heavy atom. The van der Waals surface area contributed by atoms with Crippen LogP contribution in [0.5, 0.6) is 0 Å². The number of carboxylic acids is 1. The fourth-order valence-corrected chi connectivity index (χ4v) is 2.25. The van der Waals surface area contributed by atoms with Crippen molar-refractivity contribution in [3.8, 4) is 11.1 Å². The normalized spacial score (nSPS) is 10.3. The highest BCUT2D eigenvalue weighted by Gasteiger charge is 2.13. The molecule has 0 saturated heterocycles. The van der Waals surface area contributed by atoms with E-state index in [9.17, 15) is 14.0 Å². The zero-order chi connectivity index (χ0) is 16.3. The Morgan fingerprint density at radius 1 is 1.18 bits per heavy atom. The maximum Gasteiger partial charge on any atom is 0.335 e. The second-order valence-corrected chi connectivity index (χ2v) is 5.02. The lowest BCUT2D eigenvalue weighted by atomic mass is 10.0. The maximum atomic E-state index is 14.1. The summed E-state index contributed by atoms with van der Waals surface area (Å²) in [6, 6.07) is 8.33. The number of benzene rings is 2. The van der Waals surface area contributed by atoms with Gasteiger partial charge in [-0.2, -0.15) is 0 Å². The van der Waals surface area contributed by atoms with Crippen LogP contribution in [0.4, 0.5) is 4.39 Å². The molecule has 0 heterocycles. The van der Waals surface area contributed by atoms with Gasteiger partial charge >= 0.3 is 5.97 Å². The molecule has 4 nitrogen and oxygen atoms in total. The molecule has 2 aromatic rings.